The van der Waals surface area contributed by atoms with E-state index in [9.17, 15) is 5.11 Å². The van der Waals surface area contributed by atoms with Crippen molar-refractivity contribution in [2.45, 2.75) is 32.1 Å². The number of allylic oxidation sites excluding steroid dienone is 1. The highest BCUT2D eigenvalue weighted by atomic mass is 16.5. The number of fused-ring (bicyclic) bond motifs is 1. The molecular formula is C14H18O2. The van der Waals surface area contributed by atoms with Gasteiger partial charge in [0.15, 0.2) is 0 Å². The Morgan fingerprint density at radius 3 is 2.69 bits per heavy atom. The molecule has 0 saturated heterocycles. The van der Waals surface area contributed by atoms with Crippen LogP contribution in [-0.2, 0) is 19.3 Å². The van der Waals surface area contributed by atoms with E-state index in [1.165, 1.54) is 12.0 Å². The molecule has 0 radical (unpaired) electrons. The Kier molecular flexibility index (Phi) is 3.18. The number of methoxy groups -OCH3 is 1. The molecule has 2 heteroatoms. The van der Waals surface area contributed by atoms with Crippen LogP contribution in [-0.4, -0.2) is 12.2 Å². The summed E-state index contributed by atoms with van der Waals surface area (Å²) in [5.41, 5.74) is 3.20. The maximum Gasteiger partial charge on any atom is 0.122 e. The van der Waals surface area contributed by atoms with E-state index in [2.05, 4.69) is 6.58 Å². The fourth-order valence-electron chi connectivity index (χ4n) is 2.44. The monoisotopic (exact) mass is 218 g/mol. The van der Waals surface area contributed by atoms with Crippen molar-refractivity contribution in [3.63, 3.8) is 0 Å². The Hall–Kier alpha value is -1.44. The van der Waals surface area contributed by atoms with Crippen LogP contribution >= 0.6 is 0 Å². The third-order valence-electron chi connectivity index (χ3n) is 3.24. The normalized spacial score (nSPS) is 14.3. The van der Waals surface area contributed by atoms with Gasteiger partial charge in [-0.1, -0.05) is 6.08 Å². The van der Waals surface area contributed by atoms with Gasteiger partial charge in [-0.25, -0.2) is 0 Å². The van der Waals surface area contributed by atoms with Crippen molar-refractivity contribution >= 4 is 0 Å². The predicted octanol–water partition coefficient (Wildman–Crippen LogP) is 3.01. The van der Waals surface area contributed by atoms with E-state index in [0.717, 1.165) is 36.1 Å². The minimum Gasteiger partial charge on any atom is -0.507 e. The Morgan fingerprint density at radius 1 is 1.38 bits per heavy atom. The first-order valence-corrected chi connectivity index (χ1v) is 5.79. The second-order valence-corrected chi connectivity index (χ2v) is 4.24. The van der Waals surface area contributed by atoms with Gasteiger partial charge in [0.1, 0.15) is 11.5 Å². The second kappa shape index (κ2) is 4.60. The molecule has 0 amide bonds. The summed E-state index contributed by atoms with van der Waals surface area (Å²) in [5, 5.41) is 10.2. The lowest BCUT2D eigenvalue weighted by Gasteiger charge is -2.21. The molecule has 0 spiro atoms. The van der Waals surface area contributed by atoms with E-state index in [4.69, 9.17) is 4.74 Å². The quantitative estimate of drug-likeness (QED) is 0.790. The van der Waals surface area contributed by atoms with Crippen molar-refractivity contribution < 1.29 is 9.84 Å². The van der Waals surface area contributed by atoms with E-state index in [1.54, 1.807) is 7.11 Å². The molecule has 0 unspecified atom stereocenters. The third kappa shape index (κ3) is 1.80. The number of benzene rings is 1. The molecule has 86 valence electrons. The van der Waals surface area contributed by atoms with Crippen molar-refractivity contribution in [3.8, 4) is 11.5 Å². The molecule has 1 N–H and O–H groups in total. The van der Waals surface area contributed by atoms with E-state index in [0.29, 0.717) is 12.2 Å². The number of phenolic OH excluding ortho intramolecular Hbond substituents is 1. The topological polar surface area (TPSA) is 29.5 Å². The van der Waals surface area contributed by atoms with E-state index in [-0.39, 0.29) is 0 Å². The van der Waals surface area contributed by atoms with Crippen LogP contribution < -0.4 is 4.74 Å². The molecule has 2 nitrogen and oxygen atoms in total. The number of ether oxygens (including phenoxy) is 1. The average Bonchev–Trinajstić information content (AvgIpc) is 2.33. The highest BCUT2D eigenvalue weighted by molar-refractivity contribution is 5.54. The first-order chi connectivity index (χ1) is 7.77. The predicted molar refractivity (Wildman–Crippen MR) is 65.2 cm³/mol. The summed E-state index contributed by atoms with van der Waals surface area (Å²) in [6.07, 6.45) is 6.81. The number of aromatic hydroxyl groups is 1. The number of rotatable bonds is 3. The largest absolute Gasteiger partial charge is 0.507 e. The summed E-state index contributed by atoms with van der Waals surface area (Å²) in [5.74, 6) is 1.37. The molecule has 0 bridgehead atoms. The fourth-order valence-corrected chi connectivity index (χ4v) is 2.44. The Balaban J connectivity index is 2.55. The summed E-state index contributed by atoms with van der Waals surface area (Å²) >= 11 is 0. The molecule has 0 heterocycles. The van der Waals surface area contributed by atoms with Crippen molar-refractivity contribution in [2.24, 2.45) is 0 Å². The summed E-state index contributed by atoms with van der Waals surface area (Å²) < 4.78 is 5.41. The maximum absolute atomic E-state index is 10.2. The number of hydrogen-bond donors (Lipinski definition) is 1. The van der Waals surface area contributed by atoms with Crippen LogP contribution in [0, 0.1) is 0 Å². The zero-order valence-corrected chi connectivity index (χ0v) is 9.75. The minimum absolute atomic E-state index is 0.454. The van der Waals surface area contributed by atoms with Gasteiger partial charge in [-0.2, -0.15) is 0 Å². The summed E-state index contributed by atoms with van der Waals surface area (Å²) in [6, 6.07) is 1.95. The van der Waals surface area contributed by atoms with Crippen LogP contribution in [0.15, 0.2) is 18.7 Å². The highest BCUT2D eigenvalue weighted by Crippen LogP contribution is 2.38. The van der Waals surface area contributed by atoms with Gasteiger partial charge < -0.3 is 9.84 Å². The van der Waals surface area contributed by atoms with Crippen LogP contribution in [0.3, 0.4) is 0 Å². The van der Waals surface area contributed by atoms with E-state index >= 15 is 0 Å². The molecule has 1 aliphatic carbocycles. The molecule has 0 saturated carbocycles. The van der Waals surface area contributed by atoms with Gasteiger partial charge in [-0.05, 0) is 38.2 Å². The summed E-state index contributed by atoms with van der Waals surface area (Å²) in [4.78, 5) is 0. The van der Waals surface area contributed by atoms with Crippen LogP contribution in [0.4, 0.5) is 0 Å². The van der Waals surface area contributed by atoms with Gasteiger partial charge in [-0.3, -0.25) is 0 Å². The van der Waals surface area contributed by atoms with Gasteiger partial charge >= 0.3 is 0 Å². The lowest BCUT2D eigenvalue weighted by molar-refractivity contribution is 0.399. The number of phenols is 1. The van der Waals surface area contributed by atoms with Gasteiger partial charge in [-0.15, -0.1) is 6.58 Å². The maximum atomic E-state index is 10.2. The minimum atomic E-state index is 0.454. The summed E-state index contributed by atoms with van der Waals surface area (Å²) in [7, 11) is 1.69. The van der Waals surface area contributed by atoms with Crippen molar-refractivity contribution in [1.82, 2.24) is 0 Å². The summed E-state index contributed by atoms with van der Waals surface area (Å²) in [6.45, 7) is 3.71. The molecule has 2 rings (SSSR count). The standard InChI is InChI=1S/C14H18O2/c1-3-6-10-9-13(16-2)11-7-4-5-8-12(11)14(10)15/h3,9,15H,1,4-8H2,2H3. The Labute approximate surface area is 96.6 Å². The van der Waals surface area contributed by atoms with E-state index < -0.39 is 0 Å². The zero-order valence-electron chi connectivity index (χ0n) is 9.75. The van der Waals surface area contributed by atoms with Gasteiger partial charge in [0.05, 0.1) is 7.11 Å². The van der Waals surface area contributed by atoms with E-state index in [1.807, 2.05) is 12.1 Å². The van der Waals surface area contributed by atoms with Crippen LogP contribution in [0.5, 0.6) is 11.5 Å². The Morgan fingerprint density at radius 2 is 2.06 bits per heavy atom. The van der Waals surface area contributed by atoms with Gasteiger partial charge in [0.2, 0.25) is 0 Å². The SMILES string of the molecule is C=CCc1cc(OC)c2c(c1O)CCCC2. The lowest BCUT2D eigenvalue weighted by atomic mass is 9.88. The smallest absolute Gasteiger partial charge is 0.122 e. The molecule has 0 aliphatic heterocycles. The second-order valence-electron chi connectivity index (χ2n) is 4.24. The van der Waals surface area contributed by atoms with Crippen LogP contribution in [0.1, 0.15) is 29.5 Å². The molecule has 0 fully saturated rings. The molecule has 16 heavy (non-hydrogen) atoms. The molecule has 0 aromatic heterocycles. The molecule has 0 atom stereocenters. The van der Waals surface area contributed by atoms with Crippen molar-refractivity contribution in [3.05, 3.63) is 35.4 Å². The van der Waals surface area contributed by atoms with Crippen molar-refractivity contribution in [2.75, 3.05) is 7.11 Å². The molecular weight excluding hydrogens is 200 g/mol. The molecule has 1 aliphatic rings. The third-order valence-corrected chi connectivity index (χ3v) is 3.24. The zero-order chi connectivity index (χ0) is 11.5. The number of hydrogen-bond acceptors (Lipinski definition) is 2. The van der Waals surface area contributed by atoms with Crippen molar-refractivity contribution in [1.29, 1.82) is 0 Å². The highest BCUT2D eigenvalue weighted by Gasteiger charge is 2.20. The lowest BCUT2D eigenvalue weighted by Crippen LogP contribution is -2.07. The molecule has 1 aromatic rings. The van der Waals surface area contributed by atoms with Gasteiger partial charge in [0.25, 0.3) is 0 Å². The molecule has 1 aromatic carbocycles. The van der Waals surface area contributed by atoms with Gasteiger partial charge in [0, 0.05) is 16.7 Å². The average molecular weight is 218 g/mol. The van der Waals surface area contributed by atoms with Crippen LogP contribution in [0.2, 0.25) is 0 Å². The fraction of sp³-hybridized carbons (Fsp3) is 0.429. The Bertz CT molecular complexity index is 408. The first-order valence-electron chi connectivity index (χ1n) is 5.79. The van der Waals surface area contributed by atoms with Crippen LogP contribution in [0.25, 0.3) is 0 Å². The first kappa shape index (κ1) is 11.1.